The molecular formula is C11H19N3OS. The van der Waals surface area contributed by atoms with Crippen molar-refractivity contribution >= 4 is 23.4 Å². The van der Waals surface area contributed by atoms with E-state index in [-0.39, 0.29) is 5.91 Å². The maximum absolute atomic E-state index is 12.1. The van der Waals surface area contributed by atoms with Gasteiger partial charge in [-0.2, -0.15) is 11.8 Å². The van der Waals surface area contributed by atoms with Crippen molar-refractivity contribution in [3.8, 4) is 0 Å². The summed E-state index contributed by atoms with van der Waals surface area (Å²) < 4.78 is 1.88. The largest absolute Gasteiger partial charge is 0.397 e. The van der Waals surface area contributed by atoms with E-state index < -0.39 is 0 Å². The number of aromatic nitrogens is 1. The molecule has 0 saturated heterocycles. The minimum absolute atomic E-state index is 0.0348. The van der Waals surface area contributed by atoms with Gasteiger partial charge >= 0.3 is 0 Å². The van der Waals surface area contributed by atoms with Crippen LogP contribution in [0, 0.1) is 0 Å². The number of rotatable bonds is 5. The lowest BCUT2D eigenvalue weighted by Crippen LogP contribution is -2.30. The summed E-state index contributed by atoms with van der Waals surface area (Å²) in [4.78, 5) is 13.8. The van der Waals surface area contributed by atoms with Crippen LogP contribution in [0.25, 0.3) is 0 Å². The number of carbonyl (C=O) groups excluding carboxylic acids is 1. The Balaban J connectivity index is 2.78. The zero-order chi connectivity index (χ0) is 12.1. The quantitative estimate of drug-likeness (QED) is 0.850. The fraction of sp³-hybridized carbons (Fsp3) is 0.545. The van der Waals surface area contributed by atoms with Crippen LogP contribution in [0.3, 0.4) is 0 Å². The molecule has 0 spiro atoms. The Bertz CT molecular complexity index is 362. The Morgan fingerprint density at radius 3 is 2.88 bits per heavy atom. The van der Waals surface area contributed by atoms with Crippen molar-refractivity contribution in [3.05, 3.63) is 18.0 Å². The molecule has 1 rings (SSSR count). The van der Waals surface area contributed by atoms with Crippen LogP contribution >= 0.6 is 11.8 Å². The van der Waals surface area contributed by atoms with Crippen LogP contribution in [-0.4, -0.2) is 41.0 Å². The van der Waals surface area contributed by atoms with Gasteiger partial charge in [0.1, 0.15) is 5.69 Å². The van der Waals surface area contributed by atoms with Gasteiger partial charge in [-0.05, 0) is 19.2 Å². The Kier molecular flexibility index (Phi) is 4.73. The molecule has 0 fully saturated rings. The number of nitrogen functional groups attached to an aromatic ring is 1. The molecule has 0 unspecified atom stereocenters. The summed E-state index contributed by atoms with van der Waals surface area (Å²) in [5, 5.41) is 0. The van der Waals surface area contributed by atoms with Gasteiger partial charge in [0.25, 0.3) is 5.91 Å². The average Bonchev–Trinajstić information content (AvgIpc) is 2.66. The highest BCUT2D eigenvalue weighted by Gasteiger charge is 2.15. The second-order valence-corrected chi connectivity index (χ2v) is 4.65. The van der Waals surface area contributed by atoms with E-state index in [0.29, 0.717) is 11.4 Å². The van der Waals surface area contributed by atoms with E-state index in [4.69, 9.17) is 5.73 Å². The molecular weight excluding hydrogens is 222 g/mol. The Morgan fingerprint density at radius 1 is 1.62 bits per heavy atom. The van der Waals surface area contributed by atoms with Crippen molar-refractivity contribution in [2.75, 3.05) is 31.3 Å². The molecule has 0 atom stereocenters. The molecule has 0 aliphatic heterocycles. The van der Waals surface area contributed by atoms with Crippen molar-refractivity contribution in [3.63, 3.8) is 0 Å². The Hall–Kier alpha value is -1.10. The number of hydrogen-bond donors (Lipinski definition) is 1. The smallest absolute Gasteiger partial charge is 0.270 e. The first kappa shape index (κ1) is 13.0. The van der Waals surface area contributed by atoms with Crippen LogP contribution in [0.1, 0.15) is 17.4 Å². The van der Waals surface area contributed by atoms with E-state index in [2.05, 4.69) is 0 Å². The number of carbonyl (C=O) groups is 1. The monoisotopic (exact) mass is 241 g/mol. The van der Waals surface area contributed by atoms with Gasteiger partial charge < -0.3 is 15.2 Å². The first-order valence-corrected chi connectivity index (χ1v) is 6.69. The van der Waals surface area contributed by atoms with Gasteiger partial charge in [-0.15, -0.1) is 0 Å². The molecule has 16 heavy (non-hydrogen) atoms. The van der Waals surface area contributed by atoms with Crippen LogP contribution in [0.5, 0.6) is 0 Å². The maximum atomic E-state index is 12.1. The Labute approximate surface area is 101 Å². The third-order valence-corrected chi connectivity index (χ3v) is 3.05. The van der Waals surface area contributed by atoms with Gasteiger partial charge in [0.05, 0.1) is 5.69 Å². The molecule has 0 saturated carbocycles. The van der Waals surface area contributed by atoms with E-state index in [1.54, 1.807) is 28.9 Å². The molecule has 0 bridgehead atoms. The maximum Gasteiger partial charge on any atom is 0.270 e. The molecule has 90 valence electrons. The van der Waals surface area contributed by atoms with E-state index in [1.165, 1.54) is 0 Å². The molecule has 4 nitrogen and oxygen atoms in total. The van der Waals surface area contributed by atoms with E-state index in [9.17, 15) is 4.79 Å². The fourth-order valence-corrected chi connectivity index (χ4v) is 1.96. The molecule has 5 heteroatoms. The summed E-state index contributed by atoms with van der Waals surface area (Å²) >= 11 is 1.73. The summed E-state index contributed by atoms with van der Waals surface area (Å²) in [5.41, 5.74) is 7.01. The van der Waals surface area contributed by atoms with Crippen LogP contribution < -0.4 is 5.73 Å². The van der Waals surface area contributed by atoms with Gasteiger partial charge in [-0.3, -0.25) is 4.79 Å². The van der Waals surface area contributed by atoms with Crippen molar-refractivity contribution < 1.29 is 4.79 Å². The zero-order valence-corrected chi connectivity index (χ0v) is 10.9. The lowest BCUT2D eigenvalue weighted by Gasteiger charge is -2.17. The molecule has 1 heterocycles. The average molecular weight is 241 g/mol. The summed E-state index contributed by atoms with van der Waals surface area (Å²) in [6.07, 6.45) is 3.83. The second kappa shape index (κ2) is 5.84. The van der Waals surface area contributed by atoms with Crippen LogP contribution in [0.2, 0.25) is 0 Å². The molecule has 1 aromatic heterocycles. The number of thioether (sulfide) groups is 1. The van der Waals surface area contributed by atoms with E-state index >= 15 is 0 Å². The van der Waals surface area contributed by atoms with Gasteiger partial charge in [-0.1, -0.05) is 0 Å². The molecule has 0 aliphatic carbocycles. The third-order valence-electron chi connectivity index (χ3n) is 2.46. The Morgan fingerprint density at radius 2 is 2.31 bits per heavy atom. The standard InChI is InChI=1S/C11H19N3OS/c1-4-14-8-9(12)7-10(14)11(15)13(2)5-6-16-3/h7-8H,4-6,12H2,1-3H3. The van der Waals surface area contributed by atoms with Gasteiger partial charge in [-0.25, -0.2) is 0 Å². The number of hydrogen-bond acceptors (Lipinski definition) is 3. The summed E-state index contributed by atoms with van der Waals surface area (Å²) in [5.74, 6) is 0.984. The highest BCUT2D eigenvalue weighted by Crippen LogP contribution is 2.12. The van der Waals surface area contributed by atoms with Crippen molar-refractivity contribution in [1.82, 2.24) is 9.47 Å². The molecule has 0 aromatic carbocycles. The SMILES string of the molecule is CCn1cc(N)cc1C(=O)N(C)CCSC. The first-order chi connectivity index (χ1) is 7.60. The third kappa shape index (κ3) is 2.95. The fourth-order valence-electron chi connectivity index (χ4n) is 1.50. The molecule has 1 aromatic rings. The second-order valence-electron chi connectivity index (χ2n) is 3.66. The highest BCUT2D eigenvalue weighted by molar-refractivity contribution is 7.98. The summed E-state index contributed by atoms with van der Waals surface area (Å²) in [6.45, 7) is 3.52. The highest BCUT2D eigenvalue weighted by atomic mass is 32.2. The van der Waals surface area contributed by atoms with Crippen LogP contribution in [0.4, 0.5) is 5.69 Å². The zero-order valence-electron chi connectivity index (χ0n) is 10.1. The minimum atomic E-state index is 0.0348. The normalized spacial score (nSPS) is 10.4. The summed E-state index contributed by atoms with van der Waals surface area (Å²) in [6, 6.07) is 1.74. The number of aryl methyl sites for hydroxylation is 1. The molecule has 0 aliphatic rings. The topological polar surface area (TPSA) is 51.3 Å². The summed E-state index contributed by atoms with van der Waals surface area (Å²) in [7, 11) is 1.82. The van der Waals surface area contributed by atoms with Gasteiger partial charge in [0.2, 0.25) is 0 Å². The lowest BCUT2D eigenvalue weighted by atomic mass is 10.3. The van der Waals surface area contributed by atoms with Crippen LogP contribution in [0.15, 0.2) is 12.3 Å². The molecule has 2 N–H and O–H groups in total. The van der Waals surface area contributed by atoms with E-state index in [0.717, 1.165) is 18.8 Å². The van der Waals surface area contributed by atoms with Crippen molar-refractivity contribution in [2.45, 2.75) is 13.5 Å². The van der Waals surface area contributed by atoms with Crippen molar-refractivity contribution in [2.24, 2.45) is 0 Å². The lowest BCUT2D eigenvalue weighted by molar-refractivity contribution is 0.0793. The molecule has 1 amide bonds. The first-order valence-electron chi connectivity index (χ1n) is 5.30. The van der Waals surface area contributed by atoms with Gasteiger partial charge in [0, 0.05) is 32.1 Å². The predicted octanol–water partition coefficient (Wildman–Crippen LogP) is 1.53. The predicted molar refractivity (Wildman–Crippen MR) is 69.9 cm³/mol. The number of nitrogens with two attached hydrogens (primary N) is 1. The molecule has 0 radical (unpaired) electrons. The van der Waals surface area contributed by atoms with Crippen molar-refractivity contribution in [1.29, 1.82) is 0 Å². The number of amides is 1. The number of anilines is 1. The van der Waals surface area contributed by atoms with E-state index in [1.807, 2.05) is 24.8 Å². The minimum Gasteiger partial charge on any atom is -0.397 e. The number of nitrogens with zero attached hydrogens (tertiary/aromatic N) is 2. The van der Waals surface area contributed by atoms with Gasteiger partial charge in [0.15, 0.2) is 0 Å². The van der Waals surface area contributed by atoms with Crippen LogP contribution in [-0.2, 0) is 6.54 Å².